The van der Waals surface area contributed by atoms with Crippen LogP contribution in [-0.4, -0.2) is 16.9 Å². The molecule has 0 aromatic heterocycles. The molecule has 3 nitrogen and oxygen atoms in total. The van der Waals surface area contributed by atoms with Crippen LogP contribution in [0.1, 0.15) is 51.9 Å². The van der Waals surface area contributed by atoms with Crippen LogP contribution in [0.15, 0.2) is 0 Å². The van der Waals surface area contributed by atoms with Crippen LogP contribution < -0.4 is 11.1 Å². The molecule has 0 bridgehead atoms. The Hall–Kier alpha value is -0.640. The van der Waals surface area contributed by atoms with E-state index in [2.05, 4.69) is 5.32 Å². The molecule has 1 atom stereocenters. The zero-order valence-corrected chi connectivity index (χ0v) is 10.8. The molecule has 1 fully saturated rings. The highest BCUT2D eigenvalue weighted by molar-refractivity contribution is 7.80. The van der Waals surface area contributed by atoms with Crippen LogP contribution in [0.2, 0.25) is 0 Å². The number of rotatable bonds is 5. The van der Waals surface area contributed by atoms with Crippen molar-refractivity contribution in [3.8, 4) is 0 Å². The Morgan fingerprint density at radius 2 is 2.06 bits per heavy atom. The Bertz CT molecular complexity index is 249. The monoisotopic (exact) mass is 242 g/mol. The van der Waals surface area contributed by atoms with Gasteiger partial charge in [0.05, 0.1) is 11.0 Å². The van der Waals surface area contributed by atoms with Gasteiger partial charge in [-0.25, -0.2) is 0 Å². The first-order valence-electron chi connectivity index (χ1n) is 6.22. The molecule has 1 aliphatic carbocycles. The fourth-order valence-electron chi connectivity index (χ4n) is 2.28. The molecule has 16 heavy (non-hydrogen) atoms. The van der Waals surface area contributed by atoms with E-state index in [4.69, 9.17) is 18.0 Å². The van der Waals surface area contributed by atoms with Crippen molar-refractivity contribution in [2.75, 3.05) is 0 Å². The number of hydrogen-bond acceptors (Lipinski definition) is 2. The first-order chi connectivity index (χ1) is 7.63. The van der Waals surface area contributed by atoms with Gasteiger partial charge in [-0.05, 0) is 25.2 Å². The molecule has 0 aromatic carbocycles. The Labute approximate surface area is 103 Å². The summed E-state index contributed by atoms with van der Waals surface area (Å²) in [6, 6.07) is -0.133. The fourth-order valence-corrected chi connectivity index (χ4v) is 2.51. The fraction of sp³-hybridized carbons (Fsp3) is 0.833. The molecule has 0 saturated heterocycles. The number of nitrogens with one attached hydrogen (secondary N) is 1. The number of amides is 1. The van der Waals surface area contributed by atoms with E-state index in [1.807, 2.05) is 6.92 Å². The lowest BCUT2D eigenvalue weighted by molar-refractivity contribution is -0.122. The molecule has 0 spiro atoms. The van der Waals surface area contributed by atoms with E-state index in [0.29, 0.717) is 17.3 Å². The summed E-state index contributed by atoms with van der Waals surface area (Å²) in [5, 5.41) is 2.91. The smallest absolute Gasteiger partial charge is 0.220 e. The van der Waals surface area contributed by atoms with E-state index < -0.39 is 0 Å². The molecule has 1 amide bonds. The van der Waals surface area contributed by atoms with E-state index >= 15 is 0 Å². The Morgan fingerprint density at radius 1 is 1.44 bits per heavy atom. The third kappa shape index (κ3) is 4.47. The lowest BCUT2D eigenvalue weighted by Gasteiger charge is -2.22. The molecule has 0 radical (unpaired) electrons. The topological polar surface area (TPSA) is 55.1 Å². The van der Waals surface area contributed by atoms with Crippen LogP contribution in [0, 0.1) is 5.92 Å². The largest absolute Gasteiger partial charge is 0.392 e. The van der Waals surface area contributed by atoms with Crippen LogP contribution in [0.5, 0.6) is 0 Å². The Morgan fingerprint density at radius 3 is 2.56 bits per heavy atom. The van der Waals surface area contributed by atoms with Crippen LogP contribution in [0.25, 0.3) is 0 Å². The zero-order chi connectivity index (χ0) is 12.0. The van der Waals surface area contributed by atoms with Crippen molar-refractivity contribution < 1.29 is 4.79 Å². The second-order valence-electron chi connectivity index (χ2n) is 4.64. The van der Waals surface area contributed by atoms with Gasteiger partial charge in [0.2, 0.25) is 5.91 Å². The summed E-state index contributed by atoms with van der Waals surface area (Å²) in [5.74, 6) is 0.671. The van der Waals surface area contributed by atoms with Crippen molar-refractivity contribution in [1.29, 1.82) is 0 Å². The summed E-state index contributed by atoms with van der Waals surface area (Å²) in [4.78, 5) is 12.1. The molecule has 1 saturated carbocycles. The number of carbonyl (C=O) groups excluding carboxylic acids is 1. The molecule has 3 N–H and O–H groups in total. The number of nitrogens with two attached hydrogens (primary N) is 1. The van der Waals surface area contributed by atoms with Gasteiger partial charge in [-0.3, -0.25) is 4.79 Å². The van der Waals surface area contributed by atoms with E-state index in [-0.39, 0.29) is 11.9 Å². The molecule has 1 rings (SSSR count). The van der Waals surface area contributed by atoms with Gasteiger partial charge in [0.15, 0.2) is 0 Å². The summed E-state index contributed by atoms with van der Waals surface area (Å²) in [6.45, 7) is 1.98. The third-order valence-electron chi connectivity index (χ3n) is 3.29. The quantitative estimate of drug-likeness (QED) is 0.726. The van der Waals surface area contributed by atoms with Crippen molar-refractivity contribution in [2.24, 2.45) is 11.7 Å². The zero-order valence-electron chi connectivity index (χ0n) is 10.00. The van der Waals surface area contributed by atoms with Gasteiger partial charge in [-0.2, -0.15) is 0 Å². The maximum absolute atomic E-state index is 11.8. The van der Waals surface area contributed by atoms with E-state index in [9.17, 15) is 4.79 Å². The minimum Gasteiger partial charge on any atom is -0.392 e. The molecule has 1 unspecified atom stereocenters. The maximum Gasteiger partial charge on any atom is 0.220 e. The van der Waals surface area contributed by atoms with E-state index in [1.54, 1.807) is 0 Å². The molecule has 0 aliphatic heterocycles. The van der Waals surface area contributed by atoms with E-state index in [1.165, 1.54) is 32.1 Å². The summed E-state index contributed by atoms with van der Waals surface area (Å²) >= 11 is 4.90. The maximum atomic E-state index is 11.8. The van der Waals surface area contributed by atoms with Crippen molar-refractivity contribution in [3.63, 3.8) is 0 Å². The van der Waals surface area contributed by atoms with Crippen molar-refractivity contribution >= 4 is 23.1 Å². The second-order valence-corrected chi connectivity index (χ2v) is 5.11. The van der Waals surface area contributed by atoms with Crippen molar-refractivity contribution in [2.45, 2.75) is 57.9 Å². The molecule has 1 aliphatic rings. The van der Waals surface area contributed by atoms with Crippen LogP contribution in [0.3, 0.4) is 0 Å². The van der Waals surface area contributed by atoms with Gasteiger partial charge < -0.3 is 11.1 Å². The van der Waals surface area contributed by atoms with Crippen LogP contribution >= 0.6 is 12.2 Å². The second kappa shape index (κ2) is 6.84. The summed E-state index contributed by atoms with van der Waals surface area (Å²) in [5.41, 5.74) is 5.55. The Kier molecular flexibility index (Phi) is 5.74. The Balaban J connectivity index is 2.31. The highest BCUT2D eigenvalue weighted by Gasteiger charge is 2.19. The van der Waals surface area contributed by atoms with Gasteiger partial charge in [0.25, 0.3) is 0 Å². The molecule has 4 heteroatoms. The summed E-state index contributed by atoms with van der Waals surface area (Å²) in [6.07, 6.45) is 7.65. The number of hydrogen-bond donors (Lipinski definition) is 2. The predicted octanol–water partition coefficient (Wildman–Crippen LogP) is 2.14. The minimum absolute atomic E-state index is 0.103. The van der Waals surface area contributed by atoms with E-state index in [0.717, 1.165) is 6.42 Å². The SMILES string of the molecule is CCC(NC(=O)CC1CCCCC1)C(N)=S. The highest BCUT2D eigenvalue weighted by Crippen LogP contribution is 2.26. The first kappa shape index (κ1) is 13.4. The lowest BCUT2D eigenvalue weighted by atomic mass is 9.87. The molecule has 0 heterocycles. The van der Waals surface area contributed by atoms with Crippen molar-refractivity contribution in [1.82, 2.24) is 5.32 Å². The van der Waals surface area contributed by atoms with Gasteiger partial charge in [-0.1, -0.05) is 38.4 Å². The highest BCUT2D eigenvalue weighted by atomic mass is 32.1. The predicted molar refractivity (Wildman–Crippen MR) is 70.2 cm³/mol. The van der Waals surface area contributed by atoms with Crippen molar-refractivity contribution in [3.05, 3.63) is 0 Å². The molecule has 92 valence electrons. The summed E-state index contributed by atoms with van der Waals surface area (Å²) < 4.78 is 0. The van der Waals surface area contributed by atoms with Gasteiger partial charge in [0, 0.05) is 6.42 Å². The van der Waals surface area contributed by atoms with Gasteiger partial charge in [-0.15, -0.1) is 0 Å². The van der Waals surface area contributed by atoms with Gasteiger partial charge >= 0.3 is 0 Å². The summed E-state index contributed by atoms with van der Waals surface area (Å²) in [7, 11) is 0. The number of carbonyl (C=O) groups is 1. The van der Waals surface area contributed by atoms with Crippen LogP contribution in [-0.2, 0) is 4.79 Å². The third-order valence-corrected chi connectivity index (χ3v) is 3.57. The number of thiocarbonyl (C=S) groups is 1. The molecule has 0 aromatic rings. The standard InChI is InChI=1S/C12H22N2OS/c1-2-10(12(13)16)14-11(15)8-9-6-4-3-5-7-9/h9-10H,2-8H2,1H3,(H2,13,16)(H,14,15). The van der Waals surface area contributed by atoms with Gasteiger partial charge in [0.1, 0.15) is 0 Å². The first-order valence-corrected chi connectivity index (χ1v) is 6.63. The average Bonchev–Trinajstić information content (AvgIpc) is 2.27. The molecular weight excluding hydrogens is 220 g/mol. The van der Waals surface area contributed by atoms with Crippen LogP contribution in [0.4, 0.5) is 0 Å². The minimum atomic E-state index is -0.133. The lowest BCUT2D eigenvalue weighted by Crippen LogP contribution is -2.43. The normalized spacial score (nSPS) is 19.1. The average molecular weight is 242 g/mol. The molecular formula is C12H22N2OS.